The molecule has 0 atom stereocenters. The van der Waals surface area contributed by atoms with E-state index in [-0.39, 0.29) is 12.5 Å². The van der Waals surface area contributed by atoms with Gasteiger partial charge in [0.1, 0.15) is 16.5 Å². The molecule has 0 saturated heterocycles. The Kier molecular flexibility index (Phi) is 7.02. The number of carbonyl (C=O) groups excluding carboxylic acids is 1. The lowest BCUT2D eigenvalue weighted by molar-refractivity contribution is -0.121. The van der Waals surface area contributed by atoms with Crippen LogP contribution < -0.4 is 14.4 Å². The molecule has 7 heteroatoms. The fraction of sp³-hybridized carbons (Fsp3) is 0.214. The fourth-order valence-corrected chi connectivity index (χ4v) is 5.12. The molecule has 0 fully saturated rings. The van der Waals surface area contributed by atoms with E-state index in [4.69, 9.17) is 26.1 Å². The Bertz CT molecular complexity index is 1340. The van der Waals surface area contributed by atoms with Crippen molar-refractivity contribution in [2.75, 3.05) is 24.7 Å². The number of fused-ring (bicyclic) bond motifs is 1. The molecule has 0 bridgehead atoms. The maximum atomic E-state index is 12.7. The van der Waals surface area contributed by atoms with Crippen LogP contribution in [-0.2, 0) is 4.79 Å². The van der Waals surface area contributed by atoms with Gasteiger partial charge in [-0.3, -0.25) is 4.79 Å². The van der Waals surface area contributed by atoms with Crippen LogP contribution in [0.15, 0.2) is 72.1 Å². The summed E-state index contributed by atoms with van der Waals surface area (Å²) in [7, 11) is 0. The monoisotopic (exact) mass is 504 g/mol. The maximum absolute atomic E-state index is 12.7. The second-order valence-corrected chi connectivity index (χ2v) is 9.67. The van der Waals surface area contributed by atoms with Gasteiger partial charge in [-0.2, -0.15) is 0 Å². The SMILES string of the molecule is Cc1ccc(OCCCCN2C(=O)COc3ccc(-c4csc(-c5ccccc5Cl)n4)cc32)cc1. The van der Waals surface area contributed by atoms with Gasteiger partial charge in [0.2, 0.25) is 0 Å². The molecule has 4 aromatic rings. The molecule has 0 aliphatic carbocycles. The van der Waals surface area contributed by atoms with E-state index in [1.54, 1.807) is 11.3 Å². The van der Waals surface area contributed by atoms with E-state index in [1.165, 1.54) is 5.56 Å². The van der Waals surface area contributed by atoms with E-state index in [2.05, 4.69) is 6.92 Å². The molecule has 0 saturated carbocycles. The minimum absolute atomic E-state index is 0.0378. The van der Waals surface area contributed by atoms with Crippen LogP contribution >= 0.6 is 22.9 Å². The Labute approximate surface area is 213 Å². The molecule has 2 heterocycles. The van der Waals surface area contributed by atoms with Gasteiger partial charge in [-0.05, 0) is 56.2 Å². The average molecular weight is 505 g/mol. The Morgan fingerprint density at radius 1 is 1.09 bits per heavy atom. The van der Waals surface area contributed by atoms with Crippen molar-refractivity contribution in [3.05, 3.63) is 82.7 Å². The summed E-state index contributed by atoms with van der Waals surface area (Å²) < 4.78 is 11.5. The quantitative estimate of drug-likeness (QED) is 0.242. The zero-order valence-corrected chi connectivity index (χ0v) is 20.9. The van der Waals surface area contributed by atoms with Crippen LogP contribution in [0.3, 0.4) is 0 Å². The smallest absolute Gasteiger partial charge is 0.265 e. The van der Waals surface area contributed by atoms with Crippen molar-refractivity contribution < 1.29 is 14.3 Å². The summed E-state index contributed by atoms with van der Waals surface area (Å²) in [5.74, 6) is 1.54. The van der Waals surface area contributed by atoms with Gasteiger partial charge in [0.25, 0.3) is 5.91 Å². The Morgan fingerprint density at radius 3 is 2.74 bits per heavy atom. The van der Waals surface area contributed by atoms with Crippen LogP contribution in [0.1, 0.15) is 18.4 Å². The second-order valence-electron chi connectivity index (χ2n) is 8.40. The van der Waals surface area contributed by atoms with Crippen LogP contribution in [-0.4, -0.2) is 30.6 Å². The molecule has 0 radical (unpaired) electrons. The number of hydrogen-bond acceptors (Lipinski definition) is 5. The van der Waals surface area contributed by atoms with Crippen molar-refractivity contribution in [1.82, 2.24) is 4.98 Å². The summed E-state index contributed by atoms with van der Waals surface area (Å²) >= 11 is 7.90. The van der Waals surface area contributed by atoms with Gasteiger partial charge in [-0.25, -0.2) is 4.98 Å². The highest BCUT2D eigenvalue weighted by atomic mass is 35.5. The van der Waals surface area contributed by atoms with E-state index in [1.807, 2.05) is 77.0 Å². The first kappa shape index (κ1) is 23.4. The van der Waals surface area contributed by atoms with Gasteiger partial charge >= 0.3 is 0 Å². The van der Waals surface area contributed by atoms with E-state index in [0.717, 1.165) is 46.1 Å². The molecular formula is C28H25ClN2O3S. The van der Waals surface area contributed by atoms with Crippen LogP contribution in [0.4, 0.5) is 5.69 Å². The minimum atomic E-state index is -0.0378. The lowest BCUT2D eigenvalue weighted by Crippen LogP contribution is -2.39. The number of carbonyl (C=O) groups is 1. The molecule has 5 rings (SSSR count). The summed E-state index contributed by atoms with van der Waals surface area (Å²) in [4.78, 5) is 19.3. The molecule has 0 spiro atoms. The number of unbranched alkanes of at least 4 members (excludes halogenated alkanes) is 1. The molecule has 1 aliphatic heterocycles. The summed E-state index contributed by atoms with van der Waals surface area (Å²) in [6, 6.07) is 21.6. The number of anilines is 1. The van der Waals surface area contributed by atoms with Crippen LogP contribution in [0.25, 0.3) is 21.8 Å². The van der Waals surface area contributed by atoms with Crippen molar-refractivity contribution >= 4 is 34.5 Å². The van der Waals surface area contributed by atoms with Gasteiger partial charge in [0.05, 0.1) is 23.0 Å². The van der Waals surface area contributed by atoms with E-state index >= 15 is 0 Å². The largest absolute Gasteiger partial charge is 0.494 e. The summed E-state index contributed by atoms with van der Waals surface area (Å²) in [6.07, 6.45) is 1.68. The number of thiazole rings is 1. The molecule has 1 aromatic heterocycles. The standard InChI is InChI=1S/C28H25ClN2O3S/c1-19-8-11-21(12-9-19)33-15-5-4-14-31-25-16-20(10-13-26(25)34-17-27(31)32)24-18-35-28(30-24)22-6-2-3-7-23(22)29/h2-3,6-13,16,18H,4-5,14-15,17H2,1H3. The lowest BCUT2D eigenvalue weighted by Gasteiger charge is -2.29. The Hall–Kier alpha value is -3.35. The first-order valence-corrected chi connectivity index (χ1v) is 12.8. The summed E-state index contributed by atoms with van der Waals surface area (Å²) in [5.41, 5.74) is 4.68. The number of halogens is 1. The number of rotatable bonds is 8. The highest BCUT2D eigenvalue weighted by Crippen LogP contribution is 2.38. The van der Waals surface area contributed by atoms with Gasteiger partial charge in [0, 0.05) is 23.1 Å². The number of amides is 1. The fourth-order valence-electron chi connectivity index (χ4n) is 3.97. The third kappa shape index (κ3) is 5.34. The topological polar surface area (TPSA) is 51.7 Å². The number of aromatic nitrogens is 1. The third-order valence-electron chi connectivity index (χ3n) is 5.87. The molecule has 0 N–H and O–H groups in total. The third-order valence-corrected chi connectivity index (χ3v) is 7.08. The lowest BCUT2D eigenvalue weighted by atomic mass is 10.1. The summed E-state index contributed by atoms with van der Waals surface area (Å²) in [5, 5.41) is 3.55. The first-order valence-electron chi connectivity index (χ1n) is 11.6. The van der Waals surface area contributed by atoms with Crippen LogP contribution in [0.5, 0.6) is 11.5 Å². The van der Waals surface area contributed by atoms with E-state index < -0.39 is 0 Å². The zero-order valence-electron chi connectivity index (χ0n) is 19.4. The van der Waals surface area contributed by atoms with Gasteiger partial charge in [0.15, 0.2) is 6.61 Å². The zero-order chi connectivity index (χ0) is 24.2. The predicted octanol–water partition coefficient (Wildman–Crippen LogP) is 7.02. The molecule has 35 heavy (non-hydrogen) atoms. The first-order chi connectivity index (χ1) is 17.1. The van der Waals surface area contributed by atoms with Gasteiger partial charge in [-0.1, -0.05) is 47.5 Å². The van der Waals surface area contributed by atoms with Crippen molar-refractivity contribution in [1.29, 1.82) is 0 Å². The molecule has 5 nitrogen and oxygen atoms in total. The number of hydrogen-bond donors (Lipinski definition) is 0. The Morgan fingerprint density at radius 2 is 1.91 bits per heavy atom. The molecule has 3 aromatic carbocycles. The maximum Gasteiger partial charge on any atom is 0.265 e. The number of benzene rings is 3. The summed E-state index contributed by atoms with van der Waals surface area (Å²) in [6.45, 7) is 3.33. The van der Waals surface area contributed by atoms with Crippen molar-refractivity contribution in [2.45, 2.75) is 19.8 Å². The number of aryl methyl sites for hydroxylation is 1. The molecule has 1 amide bonds. The van der Waals surface area contributed by atoms with Crippen molar-refractivity contribution in [2.24, 2.45) is 0 Å². The molecule has 0 unspecified atom stereocenters. The van der Waals surface area contributed by atoms with Crippen LogP contribution in [0.2, 0.25) is 5.02 Å². The molecule has 178 valence electrons. The van der Waals surface area contributed by atoms with Crippen LogP contribution in [0, 0.1) is 6.92 Å². The highest BCUT2D eigenvalue weighted by molar-refractivity contribution is 7.13. The van der Waals surface area contributed by atoms with Gasteiger partial charge < -0.3 is 14.4 Å². The molecule has 1 aliphatic rings. The highest BCUT2D eigenvalue weighted by Gasteiger charge is 2.26. The normalized spacial score (nSPS) is 12.9. The Balaban J connectivity index is 1.27. The minimum Gasteiger partial charge on any atom is -0.494 e. The molecular weight excluding hydrogens is 480 g/mol. The van der Waals surface area contributed by atoms with E-state index in [9.17, 15) is 4.79 Å². The number of ether oxygens (including phenoxy) is 2. The van der Waals surface area contributed by atoms with Gasteiger partial charge in [-0.15, -0.1) is 11.3 Å². The number of nitrogens with zero attached hydrogens (tertiary/aromatic N) is 2. The van der Waals surface area contributed by atoms with Crippen molar-refractivity contribution in [3.63, 3.8) is 0 Å². The average Bonchev–Trinajstić information content (AvgIpc) is 3.36. The van der Waals surface area contributed by atoms with Crippen molar-refractivity contribution in [3.8, 4) is 33.3 Å². The second kappa shape index (κ2) is 10.5. The predicted molar refractivity (Wildman–Crippen MR) is 142 cm³/mol. The van der Waals surface area contributed by atoms with E-state index in [0.29, 0.717) is 23.9 Å².